The lowest BCUT2D eigenvalue weighted by Crippen LogP contribution is -2.13. The van der Waals surface area contributed by atoms with Crippen molar-refractivity contribution in [3.05, 3.63) is 29.8 Å². The molecule has 0 amide bonds. The maximum atomic E-state index is 8.51. The van der Waals surface area contributed by atoms with Crippen LogP contribution in [0, 0.1) is 0 Å². The van der Waals surface area contributed by atoms with Crippen LogP contribution in [0.3, 0.4) is 0 Å². The first-order chi connectivity index (χ1) is 5.86. The van der Waals surface area contributed by atoms with Gasteiger partial charge in [0.15, 0.2) is 0 Å². The zero-order valence-corrected chi connectivity index (χ0v) is 7.90. The Kier molecular flexibility index (Phi) is 4.14. The first-order valence-electron chi connectivity index (χ1n) is 3.81. The van der Waals surface area contributed by atoms with E-state index in [4.69, 9.17) is 5.11 Å². The second-order valence-electron chi connectivity index (χ2n) is 2.43. The highest BCUT2D eigenvalue weighted by Gasteiger charge is 1.91. The van der Waals surface area contributed by atoms with Gasteiger partial charge >= 0.3 is 0 Å². The van der Waals surface area contributed by atoms with Gasteiger partial charge in [0, 0.05) is 11.4 Å². The highest BCUT2D eigenvalue weighted by Crippen LogP contribution is 2.14. The monoisotopic (exact) mass is 183 g/mol. The summed E-state index contributed by atoms with van der Waals surface area (Å²) in [6.45, 7) is 0.759. The van der Waals surface area contributed by atoms with Gasteiger partial charge in [-0.1, -0.05) is 12.1 Å². The third kappa shape index (κ3) is 2.85. The highest BCUT2D eigenvalue weighted by molar-refractivity contribution is 7.98. The number of aliphatic hydroxyl groups is 1. The molecule has 66 valence electrons. The fourth-order valence-electron chi connectivity index (χ4n) is 0.944. The minimum atomic E-state index is 0.0320. The Morgan fingerprint density at radius 2 is 2.00 bits per heavy atom. The predicted octanol–water partition coefficient (Wildman–Crippen LogP) is 1.45. The van der Waals surface area contributed by atoms with Crippen molar-refractivity contribution in [3.8, 4) is 0 Å². The van der Waals surface area contributed by atoms with Crippen LogP contribution in [-0.2, 0) is 6.54 Å². The molecule has 2 N–H and O–H groups in total. The van der Waals surface area contributed by atoms with Crippen molar-refractivity contribution in [2.24, 2.45) is 0 Å². The largest absolute Gasteiger partial charge is 0.381 e. The zero-order chi connectivity index (χ0) is 8.81. The quantitative estimate of drug-likeness (QED) is 0.547. The molecule has 0 atom stereocenters. The molecular formula is C9H13NOS. The average Bonchev–Trinajstić information content (AvgIpc) is 2.15. The van der Waals surface area contributed by atoms with Gasteiger partial charge in [0.1, 0.15) is 0 Å². The van der Waals surface area contributed by atoms with E-state index in [-0.39, 0.29) is 6.73 Å². The number of benzene rings is 1. The molecule has 0 aliphatic heterocycles. The summed E-state index contributed by atoms with van der Waals surface area (Å²) >= 11 is 1.73. The average molecular weight is 183 g/mol. The molecule has 0 aromatic heterocycles. The normalized spacial score (nSPS) is 10.2. The van der Waals surface area contributed by atoms with Crippen molar-refractivity contribution >= 4 is 11.8 Å². The first-order valence-corrected chi connectivity index (χ1v) is 5.04. The van der Waals surface area contributed by atoms with Crippen LogP contribution in [0.25, 0.3) is 0 Å². The van der Waals surface area contributed by atoms with Crippen molar-refractivity contribution in [2.45, 2.75) is 11.4 Å². The van der Waals surface area contributed by atoms with Crippen LogP contribution in [0.15, 0.2) is 29.2 Å². The predicted molar refractivity (Wildman–Crippen MR) is 52.1 cm³/mol. The van der Waals surface area contributed by atoms with E-state index in [0.29, 0.717) is 0 Å². The highest BCUT2D eigenvalue weighted by atomic mass is 32.2. The molecule has 0 fully saturated rings. The van der Waals surface area contributed by atoms with Gasteiger partial charge < -0.3 is 5.11 Å². The van der Waals surface area contributed by atoms with E-state index in [1.807, 2.05) is 0 Å². The van der Waals surface area contributed by atoms with Gasteiger partial charge in [-0.2, -0.15) is 0 Å². The van der Waals surface area contributed by atoms with Gasteiger partial charge in [0.05, 0.1) is 6.73 Å². The van der Waals surface area contributed by atoms with Crippen LogP contribution in [0.5, 0.6) is 0 Å². The molecule has 3 heteroatoms. The Bertz CT molecular complexity index is 222. The molecular weight excluding hydrogens is 170 g/mol. The summed E-state index contributed by atoms with van der Waals surface area (Å²) in [5.41, 5.74) is 1.20. The number of hydrogen-bond donors (Lipinski definition) is 2. The summed E-state index contributed by atoms with van der Waals surface area (Å²) in [5, 5.41) is 11.4. The number of rotatable bonds is 4. The maximum Gasteiger partial charge on any atom is 0.0934 e. The van der Waals surface area contributed by atoms with Gasteiger partial charge in [-0.3, -0.25) is 5.32 Å². The fourth-order valence-corrected chi connectivity index (χ4v) is 1.35. The molecule has 1 rings (SSSR count). The van der Waals surface area contributed by atoms with Crippen molar-refractivity contribution < 1.29 is 5.11 Å². The van der Waals surface area contributed by atoms with Gasteiger partial charge in [-0.05, 0) is 24.0 Å². The van der Waals surface area contributed by atoms with Crippen LogP contribution in [0.4, 0.5) is 0 Å². The van der Waals surface area contributed by atoms with Crippen LogP contribution in [0.1, 0.15) is 5.56 Å². The van der Waals surface area contributed by atoms with Crippen LogP contribution >= 0.6 is 11.8 Å². The smallest absolute Gasteiger partial charge is 0.0934 e. The van der Waals surface area contributed by atoms with Gasteiger partial charge in [-0.25, -0.2) is 0 Å². The first kappa shape index (κ1) is 9.58. The Labute approximate surface area is 77.0 Å². The van der Waals surface area contributed by atoms with E-state index in [0.717, 1.165) is 6.54 Å². The molecule has 0 saturated carbocycles. The van der Waals surface area contributed by atoms with Crippen molar-refractivity contribution in [3.63, 3.8) is 0 Å². The van der Waals surface area contributed by atoms with Gasteiger partial charge in [-0.15, -0.1) is 11.8 Å². The molecule has 1 aromatic rings. The topological polar surface area (TPSA) is 32.3 Å². The summed E-state index contributed by atoms with van der Waals surface area (Å²) in [4.78, 5) is 1.27. The lowest BCUT2D eigenvalue weighted by Gasteiger charge is -2.01. The Balaban J connectivity index is 2.53. The standard InChI is InChI=1S/C9H13NOS/c1-12-9-4-2-8(3-5-9)6-10-7-11/h2-5,10-11H,6-7H2,1H3. The van der Waals surface area contributed by atoms with Crippen molar-refractivity contribution in [1.29, 1.82) is 0 Å². The summed E-state index contributed by atoms with van der Waals surface area (Å²) in [7, 11) is 0. The number of hydrogen-bond acceptors (Lipinski definition) is 3. The third-order valence-corrected chi connectivity index (χ3v) is 2.34. The molecule has 0 aliphatic carbocycles. The molecule has 0 saturated heterocycles. The summed E-state index contributed by atoms with van der Waals surface area (Å²) < 4.78 is 0. The lowest BCUT2D eigenvalue weighted by atomic mass is 10.2. The van der Waals surface area contributed by atoms with E-state index >= 15 is 0 Å². The second-order valence-corrected chi connectivity index (χ2v) is 3.31. The van der Waals surface area contributed by atoms with E-state index in [2.05, 4.69) is 35.8 Å². The lowest BCUT2D eigenvalue weighted by molar-refractivity contribution is 0.259. The molecule has 0 bridgehead atoms. The molecule has 2 nitrogen and oxygen atoms in total. The molecule has 0 unspecified atom stereocenters. The van der Waals surface area contributed by atoms with E-state index < -0.39 is 0 Å². The minimum absolute atomic E-state index is 0.0320. The Morgan fingerprint density at radius 1 is 1.33 bits per heavy atom. The van der Waals surface area contributed by atoms with Gasteiger partial charge in [0.2, 0.25) is 0 Å². The van der Waals surface area contributed by atoms with Crippen molar-refractivity contribution in [2.75, 3.05) is 13.0 Å². The SMILES string of the molecule is CSc1ccc(CNCO)cc1. The second kappa shape index (κ2) is 5.19. The van der Waals surface area contributed by atoms with Crippen LogP contribution < -0.4 is 5.32 Å². The number of aliphatic hydroxyl groups excluding tert-OH is 1. The molecule has 0 spiro atoms. The summed E-state index contributed by atoms with van der Waals surface area (Å²) in [6, 6.07) is 8.29. The van der Waals surface area contributed by atoms with Crippen LogP contribution in [0.2, 0.25) is 0 Å². The molecule has 0 aliphatic rings. The Hall–Kier alpha value is -0.510. The molecule has 1 aromatic carbocycles. The Morgan fingerprint density at radius 3 is 2.50 bits per heavy atom. The van der Waals surface area contributed by atoms with E-state index in [1.165, 1.54) is 10.5 Å². The van der Waals surface area contributed by atoms with Crippen molar-refractivity contribution in [1.82, 2.24) is 5.32 Å². The van der Waals surface area contributed by atoms with Gasteiger partial charge in [0.25, 0.3) is 0 Å². The minimum Gasteiger partial charge on any atom is -0.381 e. The summed E-state index contributed by atoms with van der Waals surface area (Å²) in [5.74, 6) is 0. The van der Waals surface area contributed by atoms with E-state index in [1.54, 1.807) is 11.8 Å². The zero-order valence-electron chi connectivity index (χ0n) is 7.08. The fraction of sp³-hybridized carbons (Fsp3) is 0.333. The number of nitrogens with one attached hydrogen (secondary N) is 1. The van der Waals surface area contributed by atoms with Crippen LogP contribution in [-0.4, -0.2) is 18.1 Å². The summed E-state index contributed by atoms with van der Waals surface area (Å²) in [6.07, 6.45) is 2.06. The molecule has 0 radical (unpaired) electrons. The van der Waals surface area contributed by atoms with E-state index in [9.17, 15) is 0 Å². The number of thioether (sulfide) groups is 1. The molecule has 12 heavy (non-hydrogen) atoms. The third-order valence-electron chi connectivity index (χ3n) is 1.60. The maximum absolute atomic E-state index is 8.51. The molecule has 0 heterocycles.